The predicted octanol–water partition coefficient (Wildman–Crippen LogP) is 15.7. The molecule has 0 bridgehead atoms. The van der Waals surface area contributed by atoms with Crippen LogP contribution >= 0.6 is 0 Å². The van der Waals surface area contributed by atoms with Crippen LogP contribution in [0.15, 0.2) is 59.7 Å². The summed E-state index contributed by atoms with van der Waals surface area (Å²) in [6.07, 6.45) is 12.6. The minimum Gasteiger partial charge on any atom is -0.0679 e. The lowest BCUT2D eigenvalue weighted by atomic mass is 9.77. The first-order valence-electron chi connectivity index (χ1n) is 22.4. The van der Waals surface area contributed by atoms with Gasteiger partial charge in [-0.25, -0.2) is 0 Å². The highest BCUT2D eigenvalue weighted by atomic mass is 28.3. The van der Waals surface area contributed by atoms with Crippen molar-refractivity contribution in [3.05, 3.63) is 126 Å². The van der Waals surface area contributed by atoms with Crippen LogP contribution in [0.4, 0.5) is 0 Å². The van der Waals surface area contributed by atoms with Crippen molar-refractivity contribution >= 4 is 20.2 Å². The van der Waals surface area contributed by atoms with E-state index in [1.807, 2.05) is 0 Å². The van der Waals surface area contributed by atoms with Crippen LogP contribution < -0.4 is 0 Å². The van der Waals surface area contributed by atoms with Gasteiger partial charge in [0.25, 0.3) is 0 Å². The second kappa shape index (κ2) is 13.3. The van der Waals surface area contributed by atoms with Gasteiger partial charge in [-0.2, -0.15) is 0 Å². The van der Waals surface area contributed by atoms with Crippen molar-refractivity contribution in [1.82, 2.24) is 0 Å². The van der Waals surface area contributed by atoms with E-state index in [2.05, 4.69) is 171 Å². The summed E-state index contributed by atoms with van der Waals surface area (Å²) in [4.78, 5) is 0. The molecule has 0 saturated carbocycles. The first-order valence-corrected chi connectivity index (χ1v) is 25.6. The van der Waals surface area contributed by atoms with Crippen molar-refractivity contribution in [2.75, 3.05) is 0 Å². The largest absolute Gasteiger partial charge is 0.0722 e. The van der Waals surface area contributed by atoms with E-state index in [4.69, 9.17) is 0 Å². The molecule has 0 nitrogen and oxygen atoms in total. The van der Waals surface area contributed by atoms with E-state index in [0.29, 0.717) is 11.1 Å². The second-order valence-electron chi connectivity index (χ2n) is 23.6. The Morgan fingerprint density at radius 1 is 0.439 bits per heavy atom. The standard InChI is InChI=1S/C56H72Si/c1-33-23-45-47(29-35-19-17-21-43(35)49(45)37-25-39(53(3,4)5)31-40(26-37)54(6,7)8)51(33)57(15,16)52-34(2)24-46-48(52)30-36-20-18-22-44(36)50(46)38-27-41(55(9,10)11)32-42(28-38)56(12,13)14/h23-32,51-52H,17-22H2,1-16H3. The maximum Gasteiger partial charge on any atom is 0.0722 e. The van der Waals surface area contributed by atoms with Gasteiger partial charge in [0.05, 0.1) is 8.07 Å². The molecule has 1 heteroatoms. The lowest BCUT2D eigenvalue weighted by Gasteiger charge is -2.39. The zero-order valence-corrected chi connectivity index (χ0v) is 39.7. The molecule has 0 aliphatic heterocycles. The van der Waals surface area contributed by atoms with E-state index in [0.717, 1.165) is 0 Å². The van der Waals surface area contributed by atoms with E-state index in [9.17, 15) is 0 Å². The molecule has 0 saturated heterocycles. The van der Waals surface area contributed by atoms with Crippen molar-refractivity contribution in [2.24, 2.45) is 0 Å². The fourth-order valence-corrected chi connectivity index (χ4v) is 16.5. The summed E-state index contributed by atoms with van der Waals surface area (Å²) in [5.41, 5.74) is 29.1. The second-order valence-corrected chi connectivity index (χ2v) is 28.4. The molecular weight excluding hydrogens is 701 g/mol. The van der Waals surface area contributed by atoms with Gasteiger partial charge in [-0.3, -0.25) is 0 Å². The van der Waals surface area contributed by atoms with Gasteiger partial charge in [0.15, 0.2) is 0 Å². The Morgan fingerprint density at radius 2 is 0.754 bits per heavy atom. The van der Waals surface area contributed by atoms with Crippen LogP contribution in [0, 0.1) is 0 Å². The number of benzene rings is 4. The summed E-state index contributed by atoms with van der Waals surface area (Å²) < 4.78 is 0. The Hall–Kier alpha value is -3.42. The summed E-state index contributed by atoms with van der Waals surface area (Å²) in [7, 11) is -2.08. The highest BCUT2D eigenvalue weighted by Gasteiger charge is 2.48. The van der Waals surface area contributed by atoms with Crippen molar-refractivity contribution in [1.29, 1.82) is 0 Å². The third kappa shape index (κ3) is 6.81. The molecule has 4 aliphatic rings. The molecule has 0 heterocycles. The number of rotatable bonds is 4. The zero-order valence-electron chi connectivity index (χ0n) is 38.7. The Labute approximate surface area is 348 Å². The van der Waals surface area contributed by atoms with Crippen LogP contribution in [0.5, 0.6) is 0 Å². The van der Waals surface area contributed by atoms with E-state index in [1.54, 1.807) is 55.7 Å². The Kier molecular flexibility index (Phi) is 9.41. The maximum absolute atomic E-state index is 2.75. The lowest BCUT2D eigenvalue weighted by molar-refractivity contribution is 0.568. The molecule has 0 amide bonds. The molecular formula is C56H72Si. The topological polar surface area (TPSA) is 0 Å². The number of aryl methyl sites for hydroxylation is 2. The third-order valence-electron chi connectivity index (χ3n) is 14.6. The molecule has 300 valence electrons. The van der Waals surface area contributed by atoms with Crippen molar-refractivity contribution < 1.29 is 0 Å². The zero-order chi connectivity index (χ0) is 41.4. The van der Waals surface area contributed by atoms with Crippen LogP contribution in [-0.4, -0.2) is 8.07 Å². The average Bonchev–Trinajstić information content (AvgIpc) is 3.88. The van der Waals surface area contributed by atoms with E-state index < -0.39 is 8.07 Å². The van der Waals surface area contributed by atoms with E-state index in [-0.39, 0.29) is 21.7 Å². The maximum atomic E-state index is 2.75. The highest BCUT2D eigenvalue weighted by molar-refractivity contribution is 6.81. The first-order chi connectivity index (χ1) is 26.4. The summed E-state index contributed by atoms with van der Waals surface area (Å²) >= 11 is 0. The van der Waals surface area contributed by atoms with Gasteiger partial charge >= 0.3 is 0 Å². The lowest BCUT2D eigenvalue weighted by Crippen LogP contribution is -2.42. The fraction of sp³-hybridized carbons (Fsp3) is 0.500. The van der Waals surface area contributed by atoms with Gasteiger partial charge < -0.3 is 0 Å². The molecule has 4 aliphatic carbocycles. The Balaban J connectivity index is 1.31. The quantitative estimate of drug-likeness (QED) is 0.181. The van der Waals surface area contributed by atoms with Gasteiger partial charge in [-0.05, 0) is 163 Å². The molecule has 8 rings (SSSR count). The molecule has 4 aromatic carbocycles. The van der Waals surface area contributed by atoms with Crippen molar-refractivity contribution in [3.63, 3.8) is 0 Å². The predicted molar refractivity (Wildman–Crippen MR) is 253 cm³/mol. The van der Waals surface area contributed by atoms with Crippen LogP contribution in [0.3, 0.4) is 0 Å². The van der Waals surface area contributed by atoms with E-state index >= 15 is 0 Å². The number of fused-ring (bicyclic) bond motifs is 4. The van der Waals surface area contributed by atoms with Gasteiger partial charge in [0.2, 0.25) is 0 Å². The Morgan fingerprint density at radius 3 is 1.05 bits per heavy atom. The molecule has 0 radical (unpaired) electrons. The summed E-state index contributed by atoms with van der Waals surface area (Å²) in [5.74, 6) is 0. The molecule has 0 aromatic heterocycles. The first kappa shape index (κ1) is 40.4. The number of hydrogen-bond acceptors (Lipinski definition) is 0. The van der Waals surface area contributed by atoms with Crippen LogP contribution in [0.2, 0.25) is 13.1 Å². The average molecular weight is 773 g/mol. The highest BCUT2D eigenvalue weighted by Crippen LogP contribution is 2.57. The van der Waals surface area contributed by atoms with Crippen molar-refractivity contribution in [2.45, 2.75) is 181 Å². The number of allylic oxidation sites excluding steroid dienone is 2. The van der Waals surface area contributed by atoms with Gasteiger partial charge in [0.1, 0.15) is 0 Å². The van der Waals surface area contributed by atoms with Gasteiger partial charge in [-0.15, -0.1) is 0 Å². The molecule has 2 unspecified atom stereocenters. The third-order valence-corrected chi connectivity index (χ3v) is 19.1. The molecule has 57 heavy (non-hydrogen) atoms. The van der Waals surface area contributed by atoms with Gasteiger partial charge in [0, 0.05) is 11.1 Å². The molecule has 0 spiro atoms. The monoisotopic (exact) mass is 773 g/mol. The van der Waals surface area contributed by atoms with Gasteiger partial charge in [-0.1, -0.05) is 168 Å². The molecule has 4 aromatic rings. The van der Waals surface area contributed by atoms with Crippen LogP contribution in [0.1, 0.15) is 188 Å². The normalized spacial score (nSPS) is 19.4. The minimum atomic E-state index is -2.08. The van der Waals surface area contributed by atoms with E-state index in [1.165, 1.54) is 83.0 Å². The SMILES string of the molecule is CC1=Cc2c(cc3c(c2-c2cc(C(C)(C)C)cc(C(C)(C)C)c2)CCC3)C1[Si](C)(C)C1C(C)=Cc2c1cc1c(c2-c2cc(C(C)(C)C)cc(C(C)(C)C)c2)CCC1. The van der Waals surface area contributed by atoms with Crippen LogP contribution in [0.25, 0.3) is 34.4 Å². The van der Waals surface area contributed by atoms with Crippen LogP contribution in [-0.2, 0) is 47.3 Å². The minimum absolute atomic E-state index is 0.0848. The molecule has 2 atom stereocenters. The number of hydrogen-bond donors (Lipinski definition) is 0. The summed E-state index contributed by atoms with van der Waals surface area (Å²) in [5, 5.41) is 0. The van der Waals surface area contributed by atoms with Crippen molar-refractivity contribution in [3.8, 4) is 22.3 Å². The summed E-state index contributed by atoms with van der Waals surface area (Å²) in [6, 6.07) is 20.6. The molecule has 0 N–H and O–H groups in total. The molecule has 0 fully saturated rings. The Bertz CT molecular complexity index is 2140. The fourth-order valence-electron chi connectivity index (χ4n) is 11.5. The summed E-state index contributed by atoms with van der Waals surface area (Å²) in [6.45, 7) is 39.0. The smallest absolute Gasteiger partial charge is 0.0679 e.